The zero-order valence-corrected chi connectivity index (χ0v) is 15.2. The molecule has 0 atom stereocenters. The highest BCUT2D eigenvalue weighted by atomic mass is 127. The molecule has 122 valence electrons. The van der Waals surface area contributed by atoms with Gasteiger partial charge in [-0.15, -0.1) is 0 Å². The molecule has 2 aromatic carbocycles. The molecular formula is C18H18FIO3. The van der Waals surface area contributed by atoms with Crippen LogP contribution in [-0.2, 0) is 17.8 Å². The third-order valence-corrected chi connectivity index (χ3v) is 4.39. The maximum Gasteiger partial charge on any atom is 0.310 e. The lowest BCUT2D eigenvalue weighted by Crippen LogP contribution is -2.09. The van der Waals surface area contributed by atoms with Crippen LogP contribution in [0, 0.1) is 9.39 Å². The van der Waals surface area contributed by atoms with Gasteiger partial charge in [-0.05, 0) is 52.8 Å². The topological polar surface area (TPSA) is 35.5 Å². The first-order valence-corrected chi connectivity index (χ1v) is 8.52. The largest absolute Gasteiger partial charge is 0.489 e. The highest BCUT2D eigenvalue weighted by Gasteiger charge is 2.12. The molecule has 3 nitrogen and oxygen atoms in total. The van der Waals surface area contributed by atoms with Crippen molar-refractivity contribution in [3.05, 3.63) is 56.9 Å². The van der Waals surface area contributed by atoms with E-state index in [9.17, 15) is 9.18 Å². The minimum atomic E-state index is -0.299. The summed E-state index contributed by atoms with van der Waals surface area (Å²) in [5.41, 5.74) is 1.43. The van der Waals surface area contributed by atoms with Gasteiger partial charge in [0.25, 0.3) is 0 Å². The van der Waals surface area contributed by atoms with Crippen molar-refractivity contribution in [1.82, 2.24) is 0 Å². The van der Waals surface area contributed by atoms with Gasteiger partial charge in [-0.1, -0.05) is 26.0 Å². The van der Waals surface area contributed by atoms with E-state index in [0.717, 1.165) is 9.13 Å². The molecule has 0 aliphatic carbocycles. The summed E-state index contributed by atoms with van der Waals surface area (Å²) in [5, 5.41) is 0. The third kappa shape index (κ3) is 4.67. The Morgan fingerprint density at radius 2 is 2.00 bits per heavy atom. The maximum absolute atomic E-state index is 13.8. The molecule has 0 unspecified atom stereocenters. The van der Waals surface area contributed by atoms with Gasteiger partial charge in [0.05, 0.1) is 0 Å². The van der Waals surface area contributed by atoms with E-state index in [1.807, 2.05) is 19.1 Å². The minimum Gasteiger partial charge on any atom is -0.489 e. The van der Waals surface area contributed by atoms with E-state index in [0.29, 0.717) is 29.9 Å². The molecule has 0 radical (unpaired) electrons. The summed E-state index contributed by atoms with van der Waals surface area (Å²) in [5.74, 6) is 0.360. The number of hydrogen-bond acceptors (Lipinski definition) is 3. The Morgan fingerprint density at radius 3 is 2.65 bits per heavy atom. The predicted octanol–water partition coefficient (Wildman–Crippen LogP) is 4.89. The number of aryl methyl sites for hydroxylation is 1. The van der Waals surface area contributed by atoms with Gasteiger partial charge in [0.2, 0.25) is 0 Å². The van der Waals surface area contributed by atoms with Gasteiger partial charge >= 0.3 is 5.97 Å². The quantitative estimate of drug-likeness (QED) is 0.374. The predicted molar refractivity (Wildman–Crippen MR) is 95.2 cm³/mol. The Kier molecular flexibility index (Phi) is 6.38. The molecule has 0 saturated heterocycles. The second kappa shape index (κ2) is 8.29. The van der Waals surface area contributed by atoms with Crippen LogP contribution in [0.25, 0.3) is 0 Å². The first-order chi connectivity index (χ1) is 11.0. The van der Waals surface area contributed by atoms with Gasteiger partial charge in [-0.25, -0.2) is 4.39 Å². The molecule has 0 spiro atoms. The van der Waals surface area contributed by atoms with Crippen molar-refractivity contribution in [3.63, 3.8) is 0 Å². The van der Waals surface area contributed by atoms with Gasteiger partial charge in [-0.2, -0.15) is 0 Å². The van der Waals surface area contributed by atoms with Gasteiger partial charge in [0.15, 0.2) is 0 Å². The van der Waals surface area contributed by atoms with Crippen LogP contribution < -0.4 is 9.47 Å². The molecule has 2 rings (SSSR count). The van der Waals surface area contributed by atoms with Crippen LogP contribution in [0.3, 0.4) is 0 Å². The monoisotopic (exact) mass is 428 g/mol. The van der Waals surface area contributed by atoms with Crippen LogP contribution in [0.15, 0.2) is 36.4 Å². The highest BCUT2D eigenvalue weighted by molar-refractivity contribution is 14.1. The lowest BCUT2D eigenvalue weighted by atomic mass is 10.1. The standard InChI is InChI=1S/C18H18FIO3/c1-3-12-8-9-13(10-15(12)19)22-11-14-16(20)6-5-7-17(14)23-18(21)4-2/h5-10H,3-4,11H2,1-2H3. The molecule has 23 heavy (non-hydrogen) atoms. The van der Waals surface area contributed by atoms with E-state index in [1.165, 1.54) is 6.07 Å². The third-order valence-electron chi connectivity index (χ3n) is 3.38. The summed E-state index contributed by atoms with van der Waals surface area (Å²) in [6, 6.07) is 10.3. The van der Waals surface area contributed by atoms with Gasteiger partial charge in [0.1, 0.15) is 23.9 Å². The molecule has 0 amide bonds. The van der Waals surface area contributed by atoms with Crippen LogP contribution >= 0.6 is 22.6 Å². The van der Waals surface area contributed by atoms with Gasteiger partial charge in [0, 0.05) is 21.6 Å². The molecule has 5 heteroatoms. The first-order valence-electron chi connectivity index (χ1n) is 7.44. The summed E-state index contributed by atoms with van der Waals surface area (Å²) in [4.78, 5) is 11.5. The summed E-state index contributed by atoms with van der Waals surface area (Å²) >= 11 is 2.16. The van der Waals surface area contributed by atoms with E-state index in [1.54, 1.807) is 25.1 Å². The second-order valence-corrected chi connectivity index (χ2v) is 6.10. The summed E-state index contributed by atoms with van der Waals surface area (Å²) in [6.07, 6.45) is 0.940. The van der Waals surface area contributed by atoms with Gasteiger partial charge < -0.3 is 9.47 Å². The molecule has 2 aromatic rings. The zero-order valence-electron chi connectivity index (χ0n) is 13.1. The number of carbonyl (C=O) groups excluding carboxylic acids is 1. The van der Waals surface area contributed by atoms with E-state index >= 15 is 0 Å². The van der Waals surface area contributed by atoms with E-state index in [2.05, 4.69) is 22.6 Å². The Balaban J connectivity index is 2.16. The number of benzene rings is 2. The smallest absolute Gasteiger partial charge is 0.310 e. The number of carbonyl (C=O) groups is 1. The fourth-order valence-electron chi connectivity index (χ4n) is 2.03. The van der Waals surface area contributed by atoms with Crippen molar-refractivity contribution in [2.24, 2.45) is 0 Å². The van der Waals surface area contributed by atoms with Crippen molar-refractivity contribution in [3.8, 4) is 11.5 Å². The van der Waals surface area contributed by atoms with E-state index in [4.69, 9.17) is 9.47 Å². The molecule has 0 N–H and O–H groups in total. The lowest BCUT2D eigenvalue weighted by Gasteiger charge is -2.13. The molecule has 0 aromatic heterocycles. The van der Waals surface area contributed by atoms with Crippen molar-refractivity contribution in [1.29, 1.82) is 0 Å². The van der Waals surface area contributed by atoms with Crippen molar-refractivity contribution in [2.45, 2.75) is 33.3 Å². The Hall–Kier alpha value is -1.63. The number of esters is 1. The normalized spacial score (nSPS) is 10.4. The average molecular weight is 428 g/mol. The molecule has 0 fully saturated rings. The number of halogens is 2. The SMILES string of the molecule is CCC(=O)Oc1cccc(I)c1COc1ccc(CC)c(F)c1. The van der Waals surface area contributed by atoms with Crippen LogP contribution in [0.5, 0.6) is 11.5 Å². The molecule has 0 saturated carbocycles. The van der Waals surface area contributed by atoms with Crippen LogP contribution in [0.2, 0.25) is 0 Å². The molecule has 0 bridgehead atoms. The summed E-state index contributed by atoms with van der Waals surface area (Å²) in [7, 11) is 0. The first kappa shape index (κ1) is 17.7. The number of ether oxygens (including phenoxy) is 2. The molecule has 0 heterocycles. The average Bonchev–Trinajstić information content (AvgIpc) is 2.54. The van der Waals surface area contributed by atoms with Crippen molar-refractivity contribution < 1.29 is 18.7 Å². The van der Waals surface area contributed by atoms with Crippen LogP contribution in [0.4, 0.5) is 4.39 Å². The minimum absolute atomic E-state index is 0.205. The molecule has 0 aliphatic rings. The van der Waals surface area contributed by atoms with E-state index in [-0.39, 0.29) is 18.4 Å². The maximum atomic E-state index is 13.8. The Bertz CT molecular complexity index is 701. The Morgan fingerprint density at radius 1 is 1.22 bits per heavy atom. The van der Waals surface area contributed by atoms with Crippen LogP contribution in [-0.4, -0.2) is 5.97 Å². The van der Waals surface area contributed by atoms with Crippen molar-refractivity contribution in [2.75, 3.05) is 0 Å². The van der Waals surface area contributed by atoms with Crippen LogP contribution in [0.1, 0.15) is 31.4 Å². The Labute approximate surface area is 148 Å². The number of rotatable bonds is 6. The number of hydrogen-bond donors (Lipinski definition) is 0. The van der Waals surface area contributed by atoms with E-state index < -0.39 is 0 Å². The molecular weight excluding hydrogens is 410 g/mol. The summed E-state index contributed by atoms with van der Waals surface area (Å²) in [6.45, 7) is 3.85. The second-order valence-electron chi connectivity index (χ2n) is 4.94. The molecule has 0 aliphatic heterocycles. The summed E-state index contributed by atoms with van der Waals surface area (Å²) < 4.78 is 25.7. The lowest BCUT2D eigenvalue weighted by molar-refractivity contribution is -0.134. The fraction of sp³-hybridized carbons (Fsp3) is 0.278. The van der Waals surface area contributed by atoms with Gasteiger partial charge in [-0.3, -0.25) is 4.79 Å². The fourth-order valence-corrected chi connectivity index (χ4v) is 2.66. The zero-order chi connectivity index (χ0) is 16.8. The van der Waals surface area contributed by atoms with Crippen molar-refractivity contribution >= 4 is 28.6 Å². The highest BCUT2D eigenvalue weighted by Crippen LogP contribution is 2.27.